The van der Waals surface area contributed by atoms with Crippen molar-refractivity contribution in [2.45, 2.75) is 0 Å². The van der Waals surface area contributed by atoms with Crippen LogP contribution >= 0.6 is 0 Å². The Hall–Kier alpha value is -2.10. The van der Waals surface area contributed by atoms with E-state index in [-0.39, 0.29) is 0 Å². The molecule has 2 aromatic heterocycles. The number of pyridine rings is 1. The van der Waals surface area contributed by atoms with Gasteiger partial charge in [0.1, 0.15) is 5.52 Å². The van der Waals surface area contributed by atoms with E-state index in [1.54, 1.807) is 6.20 Å². The zero-order valence-electron chi connectivity index (χ0n) is 7.36. The lowest BCUT2D eigenvalue weighted by molar-refractivity contribution is 1.12. The number of hydrogen-bond acceptors (Lipinski definition) is 3. The Morgan fingerprint density at radius 2 is 2.21 bits per heavy atom. The number of H-pyrrole nitrogens is 1. The Morgan fingerprint density at radius 3 is 3.21 bits per heavy atom. The van der Waals surface area contributed by atoms with Crippen molar-refractivity contribution in [3.8, 4) is 0 Å². The summed E-state index contributed by atoms with van der Waals surface area (Å²) in [6, 6.07) is 2.00. The van der Waals surface area contributed by atoms with Crippen LogP contribution in [-0.2, 0) is 0 Å². The van der Waals surface area contributed by atoms with E-state index in [0.717, 1.165) is 22.4 Å². The number of rotatable bonds is 0. The minimum atomic E-state index is 0.886. The van der Waals surface area contributed by atoms with E-state index in [9.17, 15) is 0 Å². The molecule has 0 bridgehead atoms. The predicted molar refractivity (Wildman–Crippen MR) is 55.7 cm³/mol. The minimum absolute atomic E-state index is 0.886. The van der Waals surface area contributed by atoms with Crippen LogP contribution in [0.15, 0.2) is 30.6 Å². The fourth-order valence-corrected chi connectivity index (χ4v) is 1.48. The maximum Gasteiger partial charge on any atom is 0.109 e. The third-order valence-electron chi connectivity index (χ3n) is 2.15. The Labute approximate surface area is 80.4 Å². The third-order valence-corrected chi connectivity index (χ3v) is 2.15. The first-order chi connectivity index (χ1) is 6.93. The lowest BCUT2D eigenvalue weighted by Crippen LogP contribution is -1.92. The number of nitrogens with one attached hydrogen (secondary N) is 2. The van der Waals surface area contributed by atoms with Crippen LogP contribution in [0.4, 0.5) is 5.69 Å². The molecular formula is C10H8N4. The number of allylic oxidation sites excluding steroid dienone is 2. The van der Waals surface area contributed by atoms with Crippen LogP contribution < -0.4 is 5.32 Å². The summed E-state index contributed by atoms with van der Waals surface area (Å²) in [5, 5.41) is 9.98. The summed E-state index contributed by atoms with van der Waals surface area (Å²) >= 11 is 0. The molecule has 0 fully saturated rings. The Morgan fingerprint density at radius 1 is 1.21 bits per heavy atom. The van der Waals surface area contributed by atoms with E-state index in [0.29, 0.717) is 0 Å². The van der Waals surface area contributed by atoms with Crippen molar-refractivity contribution in [2.75, 3.05) is 5.32 Å². The highest BCUT2D eigenvalue weighted by Crippen LogP contribution is 2.21. The maximum atomic E-state index is 4.45. The molecule has 1 aliphatic heterocycles. The zero-order chi connectivity index (χ0) is 9.38. The quantitative estimate of drug-likeness (QED) is 0.657. The van der Waals surface area contributed by atoms with E-state index in [4.69, 9.17) is 0 Å². The lowest BCUT2D eigenvalue weighted by atomic mass is 10.2. The van der Waals surface area contributed by atoms with Crippen LogP contribution in [-0.4, -0.2) is 15.2 Å². The van der Waals surface area contributed by atoms with Crippen molar-refractivity contribution in [1.82, 2.24) is 15.2 Å². The molecule has 4 heteroatoms. The number of hydrogen-bond donors (Lipinski definition) is 2. The minimum Gasteiger partial charge on any atom is -0.360 e. The van der Waals surface area contributed by atoms with Gasteiger partial charge in [-0.15, -0.1) is 0 Å². The van der Waals surface area contributed by atoms with E-state index in [1.165, 1.54) is 0 Å². The van der Waals surface area contributed by atoms with Gasteiger partial charge in [-0.3, -0.25) is 5.10 Å². The Bertz CT molecular complexity index is 536. The summed E-state index contributed by atoms with van der Waals surface area (Å²) in [7, 11) is 0. The smallest absolute Gasteiger partial charge is 0.109 e. The summed E-state index contributed by atoms with van der Waals surface area (Å²) in [5.74, 6) is 0. The van der Waals surface area contributed by atoms with Gasteiger partial charge in [-0.1, -0.05) is 6.08 Å². The van der Waals surface area contributed by atoms with Gasteiger partial charge in [0.15, 0.2) is 0 Å². The van der Waals surface area contributed by atoms with Crippen LogP contribution in [0.2, 0.25) is 0 Å². The maximum absolute atomic E-state index is 4.45. The molecule has 4 nitrogen and oxygen atoms in total. The van der Waals surface area contributed by atoms with Crippen molar-refractivity contribution in [1.29, 1.82) is 0 Å². The van der Waals surface area contributed by atoms with Gasteiger partial charge in [0.05, 0.1) is 23.1 Å². The molecule has 0 spiro atoms. The molecular weight excluding hydrogens is 176 g/mol. The molecule has 0 radical (unpaired) electrons. The molecule has 68 valence electrons. The summed E-state index contributed by atoms with van der Waals surface area (Å²) in [4.78, 5) is 4.45. The summed E-state index contributed by atoms with van der Waals surface area (Å²) in [5.41, 5.74) is 3.76. The van der Waals surface area contributed by atoms with Gasteiger partial charge in [-0.2, -0.15) is 5.10 Å². The first-order valence-electron chi connectivity index (χ1n) is 4.37. The van der Waals surface area contributed by atoms with Crippen LogP contribution in [0, 0.1) is 0 Å². The topological polar surface area (TPSA) is 53.6 Å². The number of nitrogens with zero attached hydrogens (tertiary/aromatic N) is 2. The standard InChI is InChI=1S/C10H8N4/c1-2-4-11-8-5-9-10(6-12-14-9)13-7(8)3-1/h1-6,11H,(H,12,14). The molecule has 0 saturated heterocycles. The molecule has 0 amide bonds. The highest BCUT2D eigenvalue weighted by molar-refractivity contribution is 5.82. The average Bonchev–Trinajstić information content (AvgIpc) is 2.51. The summed E-state index contributed by atoms with van der Waals surface area (Å²) in [6.45, 7) is 0. The van der Waals surface area contributed by atoms with E-state index < -0.39 is 0 Å². The zero-order valence-corrected chi connectivity index (χ0v) is 7.36. The second-order valence-corrected chi connectivity index (χ2v) is 3.09. The van der Waals surface area contributed by atoms with Gasteiger partial charge in [-0.25, -0.2) is 4.98 Å². The second-order valence-electron chi connectivity index (χ2n) is 3.09. The molecule has 2 aromatic rings. The number of fused-ring (bicyclic) bond motifs is 2. The van der Waals surface area contributed by atoms with Crippen LogP contribution in [0.5, 0.6) is 0 Å². The van der Waals surface area contributed by atoms with Gasteiger partial charge in [-0.05, 0) is 18.2 Å². The van der Waals surface area contributed by atoms with Crippen LogP contribution in [0.1, 0.15) is 5.69 Å². The second kappa shape index (κ2) is 2.70. The molecule has 2 N–H and O–H groups in total. The Balaban J connectivity index is 2.31. The van der Waals surface area contributed by atoms with Gasteiger partial charge in [0, 0.05) is 6.20 Å². The van der Waals surface area contributed by atoms with Crippen molar-refractivity contribution in [3.63, 3.8) is 0 Å². The average molecular weight is 184 g/mol. The molecule has 0 unspecified atom stereocenters. The molecule has 0 saturated carbocycles. The number of aromatic nitrogens is 3. The van der Waals surface area contributed by atoms with E-state index >= 15 is 0 Å². The largest absolute Gasteiger partial charge is 0.360 e. The third kappa shape index (κ3) is 1.01. The molecule has 3 heterocycles. The number of anilines is 1. The van der Waals surface area contributed by atoms with Gasteiger partial charge in [0.2, 0.25) is 0 Å². The predicted octanol–water partition coefficient (Wildman–Crippen LogP) is 1.91. The van der Waals surface area contributed by atoms with Crippen LogP contribution in [0.3, 0.4) is 0 Å². The molecule has 3 rings (SSSR count). The van der Waals surface area contributed by atoms with Crippen molar-refractivity contribution in [2.24, 2.45) is 0 Å². The van der Waals surface area contributed by atoms with Gasteiger partial charge >= 0.3 is 0 Å². The fourth-order valence-electron chi connectivity index (χ4n) is 1.48. The molecule has 1 aliphatic rings. The van der Waals surface area contributed by atoms with Crippen molar-refractivity contribution >= 4 is 22.8 Å². The van der Waals surface area contributed by atoms with Gasteiger partial charge < -0.3 is 5.32 Å². The molecule has 0 aromatic carbocycles. The first-order valence-corrected chi connectivity index (χ1v) is 4.37. The molecule has 0 aliphatic carbocycles. The Kier molecular flexibility index (Phi) is 1.41. The van der Waals surface area contributed by atoms with Crippen molar-refractivity contribution < 1.29 is 0 Å². The first kappa shape index (κ1) is 7.32. The highest BCUT2D eigenvalue weighted by Gasteiger charge is 2.05. The van der Waals surface area contributed by atoms with E-state index in [2.05, 4.69) is 20.5 Å². The fraction of sp³-hybridized carbons (Fsp3) is 0. The van der Waals surface area contributed by atoms with Crippen LogP contribution in [0.25, 0.3) is 17.1 Å². The molecule has 14 heavy (non-hydrogen) atoms. The normalized spacial score (nSPS) is 13.7. The number of aromatic amines is 1. The van der Waals surface area contributed by atoms with Crippen molar-refractivity contribution in [3.05, 3.63) is 36.3 Å². The highest BCUT2D eigenvalue weighted by atomic mass is 15.1. The SMILES string of the molecule is C1=CNc2cc3[nH]ncc3nc2C=C1. The summed E-state index contributed by atoms with van der Waals surface area (Å²) in [6.07, 6.45) is 9.47. The lowest BCUT2D eigenvalue weighted by Gasteiger charge is -2.02. The monoisotopic (exact) mass is 184 g/mol. The summed E-state index contributed by atoms with van der Waals surface area (Å²) < 4.78 is 0. The molecule has 0 atom stereocenters. The van der Waals surface area contributed by atoms with E-state index in [1.807, 2.05) is 30.5 Å². The van der Waals surface area contributed by atoms with Gasteiger partial charge in [0.25, 0.3) is 0 Å².